The van der Waals surface area contributed by atoms with Gasteiger partial charge in [0.1, 0.15) is 0 Å². The first kappa shape index (κ1) is 31.4. The number of fused-ring (bicyclic) bond motifs is 1. The highest BCUT2D eigenvalue weighted by Crippen LogP contribution is 2.41. The zero-order valence-electron chi connectivity index (χ0n) is 28.9. The van der Waals surface area contributed by atoms with Gasteiger partial charge in [0, 0.05) is 5.41 Å². The number of hydrogen-bond donors (Lipinski definition) is 0. The maximum absolute atomic E-state index is 6.37. The van der Waals surface area contributed by atoms with Crippen molar-refractivity contribution < 1.29 is 18.6 Å². The third kappa shape index (κ3) is 5.09. The predicted octanol–water partition coefficient (Wildman–Crippen LogP) is 7.40. The summed E-state index contributed by atoms with van der Waals surface area (Å²) in [6.45, 7) is 19.1. The average molecular weight is 612 g/mol. The van der Waals surface area contributed by atoms with E-state index in [-0.39, 0.29) is 22.4 Å². The molecule has 2 heterocycles. The predicted molar refractivity (Wildman–Crippen MR) is 189 cm³/mol. The van der Waals surface area contributed by atoms with Crippen LogP contribution in [0, 0.1) is 0 Å². The van der Waals surface area contributed by atoms with Gasteiger partial charge in [-0.15, -0.1) is 0 Å². The lowest BCUT2D eigenvalue weighted by Gasteiger charge is -2.32. The van der Waals surface area contributed by atoms with Crippen molar-refractivity contribution in [1.82, 2.24) is 0 Å². The summed E-state index contributed by atoms with van der Waals surface area (Å²) in [4.78, 5) is 0. The zero-order valence-corrected chi connectivity index (χ0v) is 28.9. The van der Waals surface area contributed by atoms with Gasteiger partial charge >= 0.3 is 14.2 Å². The molecule has 4 aromatic carbocycles. The molecule has 0 unspecified atom stereocenters. The van der Waals surface area contributed by atoms with E-state index in [1.165, 1.54) is 51.8 Å². The summed E-state index contributed by atoms with van der Waals surface area (Å²) in [5, 5.41) is 0. The Kier molecular flexibility index (Phi) is 7.30. The first-order valence-electron chi connectivity index (χ1n) is 16.7. The van der Waals surface area contributed by atoms with Crippen LogP contribution in [0.2, 0.25) is 0 Å². The summed E-state index contributed by atoms with van der Waals surface area (Å²) >= 11 is 0. The van der Waals surface area contributed by atoms with Gasteiger partial charge in [0.25, 0.3) is 0 Å². The summed E-state index contributed by atoms with van der Waals surface area (Å²) in [6, 6.07) is 33.6. The van der Waals surface area contributed by atoms with Crippen molar-refractivity contribution in [3.05, 3.63) is 119 Å². The number of aryl methyl sites for hydroxylation is 2. The molecular formula is C40H46B2O4. The van der Waals surface area contributed by atoms with Crippen LogP contribution in [0.25, 0.3) is 11.1 Å². The average Bonchev–Trinajstić information content (AvgIpc) is 3.37. The minimum absolute atomic E-state index is 0.384. The summed E-state index contributed by atoms with van der Waals surface area (Å²) in [7, 11) is -0.793. The van der Waals surface area contributed by atoms with Crippen molar-refractivity contribution >= 4 is 25.2 Å². The molecule has 46 heavy (non-hydrogen) atoms. The molecule has 0 bridgehead atoms. The quantitative estimate of drug-likeness (QED) is 0.168. The molecule has 0 aromatic heterocycles. The maximum atomic E-state index is 6.37. The Balaban J connectivity index is 1.24. The number of benzene rings is 4. The fourth-order valence-corrected chi connectivity index (χ4v) is 6.78. The lowest BCUT2D eigenvalue weighted by atomic mass is 9.68. The Morgan fingerprint density at radius 3 is 1.15 bits per heavy atom. The van der Waals surface area contributed by atoms with Gasteiger partial charge in [0.15, 0.2) is 0 Å². The smallest absolute Gasteiger partial charge is 0.399 e. The summed E-state index contributed by atoms with van der Waals surface area (Å²) in [5.41, 5.74) is 9.22. The molecule has 2 fully saturated rings. The lowest BCUT2D eigenvalue weighted by molar-refractivity contribution is 0.00578. The molecule has 7 rings (SSSR count). The van der Waals surface area contributed by atoms with Crippen LogP contribution in [0.5, 0.6) is 0 Å². The Bertz CT molecular complexity index is 1640. The molecule has 0 saturated carbocycles. The molecule has 0 radical (unpaired) electrons. The van der Waals surface area contributed by atoms with E-state index in [2.05, 4.69) is 153 Å². The van der Waals surface area contributed by atoms with Gasteiger partial charge in [-0.1, -0.05) is 91.0 Å². The van der Waals surface area contributed by atoms with E-state index in [9.17, 15) is 0 Å². The van der Waals surface area contributed by atoms with Crippen molar-refractivity contribution in [1.29, 1.82) is 0 Å². The molecule has 236 valence electrons. The molecule has 1 aliphatic carbocycles. The molecule has 6 heteroatoms. The van der Waals surface area contributed by atoms with E-state index in [1.807, 2.05) is 0 Å². The van der Waals surface area contributed by atoms with Crippen LogP contribution < -0.4 is 10.9 Å². The van der Waals surface area contributed by atoms with E-state index in [0.717, 1.165) is 10.9 Å². The molecule has 0 spiro atoms. The number of hydrogen-bond acceptors (Lipinski definition) is 4. The van der Waals surface area contributed by atoms with Crippen molar-refractivity contribution in [2.24, 2.45) is 0 Å². The summed E-state index contributed by atoms with van der Waals surface area (Å²) in [6.07, 6.45) is 2.39. The van der Waals surface area contributed by atoms with Crippen LogP contribution in [0.1, 0.15) is 90.1 Å². The van der Waals surface area contributed by atoms with Crippen molar-refractivity contribution in [3.8, 4) is 11.1 Å². The molecule has 3 aliphatic rings. The van der Waals surface area contributed by atoms with Gasteiger partial charge in [-0.2, -0.15) is 0 Å². The third-order valence-electron chi connectivity index (χ3n) is 11.7. The highest BCUT2D eigenvalue weighted by Gasteiger charge is 2.53. The van der Waals surface area contributed by atoms with E-state index in [1.54, 1.807) is 0 Å². The zero-order chi connectivity index (χ0) is 32.7. The summed E-state index contributed by atoms with van der Waals surface area (Å²) in [5.74, 6) is 0. The van der Waals surface area contributed by atoms with Crippen molar-refractivity contribution in [3.63, 3.8) is 0 Å². The van der Waals surface area contributed by atoms with Gasteiger partial charge < -0.3 is 18.6 Å². The van der Waals surface area contributed by atoms with Crippen LogP contribution in [-0.4, -0.2) is 36.6 Å². The fourth-order valence-electron chi connectivity index (χ4n) is 6.78. The van der Waals surface area contributed by atoms with Gasteiger partial charge in [0.05, 0.1) is 22.4 Å². The standard InChI is InChI=1S/C40H46B2O4/c1-36(2)37(3,4)44-41(43-36)34-22-18-32(19-23-34)40(9,31-16-14-28(15-17-31)30-13-11-27-10-12-29(27)26-30)33-20-24-35(25-21-33)42-45-38(5,6)39(7,8)46-42/h11,13-26H,10,12H2,1-9H3. The van der Waals surface area contributed by atoms with E-state index in [4.69, 9.17) is 18.6 Å². The van der Waals surface area contributed by atoms with Crippen LogP contribution in [0.3, 0.4) is 0 Å². The van der Waals surface area contributed by atoms with E-state index >= 15 is 0 Å². The van der Waals surface area contributed by atoms with Crippen LogP contribution >= 0.6 is 0 Å². The molecule has 2 saturated heterocycles. The first-order chi connectivity index (χ1) is 21.6. The maximum Gasteiger partial charge on any atom is 0.494 e. The third-order valence-corrected chi connectivity index (χ3v) is 11.7. The molecule has 0 amide bonds. The molecule has 4 aromatic rings. The number of rotatable bonds is 6. The monoisotopic (exact) mass is 612 g/mol. The second kappa shape index (κ2) is 10.7. The van der Waals surface area contributed by atoms with Crippen molar-refractivity contribution in [2.75, 3.05) is 0 Å². The Morgan fingerprint density at radius 2 is 0.804 bits per heavy atom. The first-order valence-corrected chi connectivity index (χ1v) is 16.7. The van der Waals surface area contributed by atoms with Crippen LogP contribution in [0.4, 0.5) is 0 Å². The van der Waals surface area contributed by atoms with Gasteiger partial charge in [-0.05, 0) is 125 Å². The van der Waals surface area contributed by atoms with Crippen LogP contribution in [-0.2, 0) is 36.9 Å². The van der Waals surface area contributed by atoms with Gasteiger partial charge in [-0.3, -0.25) is 0 Å². The normalized spacial score (nSPS) is 20.8. The largest absolute Gasteiger partial charge is 0.494 e. The molecular weight excluding hydrogens is 566 g/mol. The van der Waals surface area contributed by atoms with Gasteiger partial charge in [0.2, 0.25) is 0 Å². The lowest BCUT2D eigenvalue weighted by Crippen LogP contribution is -2.41. The Morgan fingerprint density at radius 1 is 0.457 bits per heavy atom. The van der Waals surface area contributed by atoms with E-state index < -0.39 is 19.7 Å². The Labute approximate surface area is 276 Å². The molecule has 2 aliphatic heterocycles. The highest BCUT2D eigenvalue weighted by atomic mass is 16.7. The van der Waals surface area contributed by atoms with Gasteiger partial charge in [-0.25, -0.2) is 0 Å². The topological polar surface area (TPSA) is 36.9 Å². The van der Waals surface area contributed by atoms with Crippen LogP contribution in [0.15, 0.2) is 91.0 Å². The minimum atomic E-state index is -0.415. The fraction of sp³-hybridized carbons (Fsp3) is 0.400. The second-order valence-electron chi connectivity index (χ2n) is 15.6. The Hall–Kier alpha value is -3.15. The van der Waals surface area contributed by atoms with E-state index in [0.29, 0.717) is 0 Å². The summed E-state index contributed by atoms with van der Waals surface area (Å²) < 4.78 is 25.5. The molecule has 0 N–H and O–H groups in total. The molecule has 0 atom stereocenters. The highest BCUT2D eigenvalue weighted by molar-refractivity contribution is 6.62. The minimum Gasteiger partial charge on any atom is -0.399 e. The SMILES string of the molecule is CC(c1ccc(B2OC(C)(C)C(C)(C)O2)cc1)(c1ccc(B2OC(C)(C)C(C)(C)O2)cc1)c1ccc(-c2ccc3c(c2)CC3)cc1. The molecule has 4 nitrogen and oxygen atoms in total. The van der Waals surface area contributed by atoms with Crippen molar-refractivity contribution in [2.45, 2.75) is 103 Å². The second-order valence-corrected chi connectivity index (χ2v) is 15.6.